The van der Waals surface area contributed by atoms with Gasteiger partial charge in [-0.25, -0.2) is 0 Å². The zero-order valence-corrected chi connectivity index (χ0v) is 7.95. The smallest absolute Gasteiger partial charge is 0.131 e. The fourth-order valence-corrected chi connectivity index (χ4v) is 0.705. The van der Waals surface area contributed by atoms with Crippen LogP contribution in [-0.4, -0.2) is 15.6 Å². The maximum Gasteiger partial charge on any atom is 0.131 e. The average molecular weight is 168 g/mol. The van der Waals surface area contributed by atoms with Gasteiger partial charge in [0, 0.05) is 25.4 Å². The summed E-state index contributed by atoms with van der Waals surface area (Å²) in [6.07, 6.45) is 4.13. The molecule has 0 aliphatic rings. The third-order valence-electron chi connectivity index (χ3n) is 1.25. The SMILES string of the molecule is CC.CC(=O)CCn1cccn1. The Bertz CT molecular complexity index is 204. The van der Waals surface area contributed by atoms with Crippen LogP contribution in [0.1, 0.15) is 27.2 Å². The van der Waals surface area contributed by atoms with Crippen LogP contribution < -0.4 is 0 Å². The van der Waals surface area contributed by atoms with Crippen molar-refractivity contribution in [3.8, 4) is 0 Å². The first-order valence-electron chi connectivity index (χ1n) is 4.26. The second-order valence-corrected chi connectivity index (χ2v) is 2.22. The molecule has 0 saturated heterocycles. The van der Waals surface area contributed by atoms with Crippen LogP contribution in [0.3, 0.4) is 0 Å². The van der Waals surface area contributed by atoms with Gasteiger partial charge >= 0.3 is 0 Å². The molecule has 0 aromatic carbocycles. The molecule has 0 spiro atoms. The Kier molecular flexibility index (Phi) is 5.97. The molecular weight excluding hydrogens is 152 g/mol. The molecule has 0 aliphatic heterocycles. The fourth-order valence-electron chi connectivity index (χ4n) is 0.705. The molecule has 0 saturated carbocycles. The number of ketones is 1. The van der Waals surface area contributed by atoms with Crippen molar-refractivity contribution in [3.05, 3.63) is 18.5 Å². The lowest BCUT2D eigenvalue weighted by Crippen LogP contribution is -2.02. The zero-order chi connectivity index (χ0) is 9.40. The highest BCUT2D eigenvalue weighted by molar-refractivity contribution is 5.75. The van der Waals surface area contributed by atoms with Crippen LogP contribution in [0, 0.1) is 0 Å². The van der Waals surface area contributed by atoms with E-state index < -0.39 is 0 Å². The predicted molar refractivity (Wildman–Crippen MR) is 48.9 cm³/mol. The van der Waals surface area contributed by atoms with Crippen molar-refractivity contribution in [1.82, 2.24) is 9.78 Å². The number of rotatable bonds is 3. The number of aryl methyl sites for hydroxylation is 1. The second kappa shape index (κ2) is 6.58. The van der Waals surface area contributed by atoms with Gasteiger partial charge in [0.05, 0.1) is 0 Å². The van der Waals surface area contributed by atoms with Gasteiger partial charge in [-0.3, -0.25) is 9.48 Å². The monoisotopic (exact) mass is 168 g/mol. The van der Waals surface area contributed by atoms with Crippen molar-refractivity contribution in [2.24, 2.45) is 0 Å². The lowest BCUT2D eigenvalue weighted by atomic mass is 10.3. The molecule has 1 aromatic heterocycles. The molecular formula is C9H16N2O. The van der Waals surface area contributed by atoms with E-state index in [1.165, 1.54) is 0 Å². The Balaban J connectivity index is 0.000000561. The molecule has 12 heavy (non-hydrogen) atoms. The molecule has 68 valence electrons. The van der Waals surface area contributed by atoms with Gasteiger partial charge in [-0.15, -0.1) is 0 Å². The standard InChI is InChI=1S/C7H10N2O.C2H6/c1-7(10)3-6-9-5-2-4-8-9;1-2/h2,4-5H,3,6H2,1H3;1-2H3. The van der Waals surface area contributed by atoms with Gasteiger partial charge < -0.3 is 0 Å². The summed E-state index contributed by atoms with van der Waals surface area (Å²) in [5, 5.41) is 3.95. The molecule has 3 nitrogen and oxygen atoms in total. The first-order valence-corrected chi connectivity index (χ1v) is 4.26. The highest BCUT2D eigenvalue weighted by atomic mass is 16.1. The zero-order valence-electron chi connectivity index (χ0n) is 7.95. The number of Topliss-reactive ketones (excluding diaryl/α,β-unsaturated/α-hetero) is 1. The van der Waals surface area contributed by atoms with E-state index in [1.54, 1.807) is 17.8 Å². The van der Waals surface area contributed by atoms with E-state index in [0.717, 1.165) is 0 Å². The molecule has 0 radical (unpaired) electrons. The van der Waals surface area contributed by atoms with Crippen molar-refractivity contribution in [3.63, 3.8) is 0 Å². The Hall–Kier alpha value is -1.12. The summed E-state index contributed by atoms with van der Waals surface area (Å²) in [6, 6.07) is 1.85. The van der Waals surface area contributed by atoms with Crippen LogP contribution in [-0.2, 0) is 11.3 Å². The van der Waals surface area contributed by atoms with Gasteiger partial charge in [0.2, 0.25) is 0 Å². The minimum absolute atomic E-state index is 0.204. The number of carbonyl (C=O) groups excluding carboxylic acids is 1. The summed E-state index contributed by atoms with van der Waals surface area (Å²) in [5.74, 6) is 0.204. The van der Waals surface area contributed by atoms with Crippen molar-refractivity contribution in [1.29, 1.82) is 0 Å². The molecule has 0 amide bonds. The molecule has 1 rings (SSSR count). The van der Waals surface area contributed by atoms with Gasteiger partial charge in [-0.1, -0.05) is 13.8 Å². The van der Waals surface area contributed by atoms with Crippen molar-refractivity contribution in [2.75, 3.05) is 0 Å². The Morgan fingerprint density at radius 2 is 2.17 bits per heavy atom. The van der Waals surface area contributed by atoms with Gasteiger partial charge in [0.1, 0.15) is 5.78 Å². The summed E-state index contributed by atoms with van der Waals surface area (Å²) in [7, 11) is 0. The van der Waals surface area contributed by atoms with Crippen LogP contribution in [0.5, 0.6) is 0 Å². The Labute approximate surface area is 73.4 Å². The minimum atomic E-state index is 0.204. The summed E-state index contributed by atoms with van der Waals surface area (Å²) in [4.78, 5) is 10.5. The summed E-state index contributed by atoms with van der Waals surface area (Å²) < 4.78 is 1.75. The molecule has 0 atom stereocenters. The lowest BCUT2D eigenvalue weighted by molar-refractivity contribution is -0.117. The third-order valence-corrected chi connectivity index (χ3v) is 1.25. The maximum absolute atomic E-state index is 10.5. The largest absolute Gasteiger partial charge is 0.300 e. The molecule has 0 fully saturated rings. The van der Waals surface area contributed by atoms with Gasteiger partial charge in [0.15, 0.2) is 0 Å². The van der Waals surface area contributed by atoms with Gasteiger partial charge in [-0.2, -0.15) is 5.10 Å². The Morgan fingerprint density at radius 1 is 1.50 bits per heavy atom. The van der Waals surface area contributed by atoms with Crippen LogP contribution in [0.15, 0.2) is 18.5 Å². The highest BCUT2D eigenvalue weighted by Crippen LogP contribution is 1.89. The summed E-state index contributed by atoms with van der Waals surface area (Å²) >= 11 is 0. The van der Waals surface area contributed by atoms with Crippen LogP contribution in [0.4, 0.5) is 0 Å². The average Bonchev–Trinajstić information content (AvgIpc) is 2.56. The van der Waals surface area contributed by atoms with E-state index in [9.17, 15) is 4.79 Å². The number of carbonyl (C=O) groups is 1. The van der Waals surface area contributed by atoms with Gasteiger partial charge in [0.25, 0.3) is 0 Å². The number of hydrogen-bond donors (Lipinski definition) is 0. The molecule has 1 heterocycles. The Morgan fingerprint density at radius 3 is 2.58 bits per heavy atom. The minimum Gasteiger partial charge on any atom is -0.300 e. The lowest BCUT2D eigenvalue weighted by Gasteiger charge is -1.95. The first-order chi connectivity index (χ1) is 5.79. The summed E-state index contributed by atoms with van der Waals surface area (Å²) in [5.41, 5.74) is 0. The maximum atomic E-state index is 10.5. The molecule has 0 N–H and O–H groups in total. The highest BCUT2D eigenvalue weighted by Gasteiger charge is 1.93. The van der Waals surface area contributed by atoms with E-state index in [-0.39, 0.29) is 5.78 Å². The quantitative estimate of drug-likeness (QED) is 0.690. The normalized spacial score (nSPS) is 8.58. The van der Waals surface area contributed by atoms with Crippen molar-refractivity contribution >= 4 is 5.78 Å². The molecule has 1 aromatic rings. The number of aromatic nitrogens is 2. The van der Waals surface area contributed by atoms with Gasteiger partial charge in [-0.05, 0) is 13.0 Å². The molecule has 3 heteroatoms. The van der Waals surface area contributed by atoms with Crippen LogP contribution >= 0.6 is 0 Å². The van der Waals surface area contributed by atoms with E-state index >= 15 is 0 Å². The van der Waals surface area contributed by atoms with E-state index in [0.29, 0.717) is 13.0 Å². The van der Waals surface area contributed by atoms with Crippen LogP contribution in [0.2, 0.25) is 0 Å². The molecule has 0 aliphatic carbocycles. The van der Waals surface area contributed by atoms with E-state index in [1.807, 2.05) is 26.1 Å². The topological polar surface area (TPSA) is 34.9 Å². The van der Waals surface area contributed by atoms with Crippen molar-refractivity contribution in [2.45, 2.75) is 33.7 Å². The molecule has 0 bridgehead atoms. The first kappa shape index (κ1) is 10.9. The third kappa shape index (κ3) is 4.66. The van der Waals surface area contributed by atoms with Crippen molar-refractivity contribution < 1.29 is 4.79 Å². The molecule has 0 unspecified atom stereocenters. The van der Waals surface area contributed by atoms with E-state index in [2.05, 4.69) is 5.10 Å². The number of nitrogens with zero attached hydrogens (tertiary/aromatic N) is 2. The van der Waals surface area contributed by atoms with E-state index in [4.69, 9.17) is 0 Å². The second-order valence-electron chi connectivity index (χ2n) is 2.22. The van der Waals surface area contributed by atoms with Crippen LogP contribution in [0.25, 0.3) is 0 Å². The fraction of sp³-hybridized carbons (Fsp3) is 0.556. The predicted octanol–water partition coefficient (Wildman–Crippen LogP) is 1.89. The summed E-state index contributed by atoms with van der Waals surface area (Å²) in [6.45, 7) is 6.28. The number of hydrogen-bond acceptors (Lipinski definition) is 2.